The van der Waals surface area contributed by atoms with Crippen LogP contribution < -0.4 is 0 Å². The highest BCUT2D eigenvalue weighted by Crippen LogP contribution is 2.41. The molecule has 4 heterocycles. The Labute approximate surface area is 254 Å². The number of nitrogens with one attached hydrogen (secondary N) is 2. The van der Waals surface area contributed by atoms with E-state index in [4.69, 9.17) is 4.74 Å². The Morgan fingerprint density at radius 2 is 1.32 bits per heavy atom. The zero-order valence-corrected chi connectivity index (χ0v) is 24.9. The van der Waals surface area contributed by atoms with Gasteiger partial charge in [-0.05, 0) is 69.7 Å². The molecule has 4 aromatic rings. The van der Waals surface area contributed by atoms with E-state index in [1.807, 2.05) is 57.2 Å². The highest BCUT2D eigenvalue weighted by Gasteiger charge is 2.35. The summed E-state index contributed by atoms with van der Waals surface area (Å²) in [5.41, 5.74) is 5.57. The van der Waals surface area contributed by atoms with Crippen LogP contribution in [0.25, 0.3) is 33.6 Å². The van der Waals surface area contributed by atoms with Gasteiger partial charge in [0.05, 0.1) is 35.9 Å². The topological polar surface area (TPSA) is 145 Å². The van der Waals surface area contributed by atoms with E-state index in [1.165, 1.54) is 4.90 Å². The number of carbonyl (C=O) groups is 3. The molecule has 2 aliphatic heterocycles. The first-order valence-corrected chi connectivity index (χ1v) is 15.0. The molecule has 11 heteroatoms. The third kappa shape index (κ3) is 4.82. The van der Waals surface area contributed by atoms with Crippen LogP contribution in [0.1, 0.15) is 86.1 Å². The molecule has 2 atom stereocenters. The average molecular weight is 595 g/mol. The lowest BCUT2D eigenvalue weighted by Crippen LogP contribution is -2.36. The van der Waals surface area contributed by atoms with E-state index in [-0.39, 0.29) is 24.0 Å². The summed E-state index contributed by atoms with van der Waals surface area (Å²) in [7, 11) is 0. The molecule has 0 bridgehead atoms. The van der Waals surface area contributed by atoms with E-state index in [0.717, 1.165) is 59.3 Å². The number of hydrogen-bond acceptors (Lipinski definition) is 6. The van der Waals surface area contributed by atoms with Crippen LogP contribution in [0.15, 0.2) is 48.8 Å². The van der Waals surface area contributed by atoms with Crippen molar-refractivity contribution in [3.8, 4) is 33.6 Å². The van der Waals surface area contributed by atoms with Crippen molar-refractivity contribution in [3.63, 3.8) is 0 Å². The monoisotopic (exact) mass is 594 g/mol. The minimum atomic E-state index is -0.946. The second-order valence-electron chi connectivity index (χ2n) is 12.7. The van der Waals surface area contributed by atoms with Crippen LogP contribution in [0, 0.1) is 0 Å². The maximum absolute atomic E-state index is 13.7. The SMILES string of the molecule is CC(C)(C)OC(=O)N1CCCC1c1ncc(-c2ccc3c(c2)C(=O)c2cc(-c4cnc(C5CCCN5C(=O)O)[nH]4)ccc2-3)[nH]1. The molecule has 1 aliphatic carbocycles. The van der Waals surface area contributed by atoms with E-state index in [2.05, 4.69) is 19.9 Å². The molecule has 2 unspecified atom stereocenters. The Morgan fingerprint density at radius 1 is 0.818 bits per heavy atom. The molecule has 226 valence electrons. The number of H-pyrrole nitrogens is 2. The number of hydrogen-bond donors (Lipinski definition) is 3. The lowest BCUT2D eigenvalue weighted by atomic mass is 10.0. The maximum Gasteiger partial charge on any atom is 0.410 e. The predicted octanol–water partition coefficient (Wildman–Crippen LogP) is 6.57. The molecule has 44 heavy (non-hydrogen) atoms. The lowest BCUT2D eigenvalue weighted by Gasteiger charge is -2.27. The molecule has 2 fully saturated rings. The summed E-state index contributed by atoms with van der Waals surface area (Å²) in [6, 6.07) is 11.1. The minimum Gasteiger partial charge on any atom is -0.465 e. The quantitative estimate of drug-likeness (QED) is 0.214. The van der Waals surface area contributed by atoms with Crippen molar-refractivity contribution < 1.29 is 24.2 Å². The third-order valence-corrected chi connectivity index (χ3v) is 8.64. The van der Waals surface area contributed by atoms with Gasteiger partial charge in [-0.1, -0.05) is 24.3 Å². The van der Waals surface area contributed by atoms with E-state index in [1.54, 1.807) is 17.3 Å². The average Bonchev–Trinajstić information content (AvgIpc) is 3.81. The van der Waals surface area contributed by atoms with Gasteiger partial charge < -0.3 is 19.8 Å². The molecule has 11 nitrogen and oxygen atoms in total. The largest absolute Gasteiger partial charge is 0.465 e. The number of nitrogens with zero attached hydrogens (tertiary/aromatic N) is 4. The first-order valence-electron chi connectivity index (χ1n) is 15.0. The smallest absolute Gasteiger partial charge is 0.410 e. The molecule has 7 rings (SSSR count). The van der Waals surface area contributed by atoms with Crippen LogP contribution in [-0.4, -0.2) is 71.5 Å². The third-order valence-electron chi connectivity index (χ3n) is 8.64. The summed E-state index contributed by atoms with van der Waals surface area (Å²) in [6.07, 6.45) is 5.34. The van der Waals surface area contributed by atoms with Crippen molar-refractivity contribution in [2.75, 3.05) is 13.1 Å². The standard InChI is InChI=1S/C33H34N6O5/c1-33(2,3)44-32(43)39-13-5-7-27(39)30-35-17-25(37-30)19-9-11-21-20-10-8-18(14-22(20)28(40)23(21)15-19)24-16-34-29(36-24)26-6-4-12-38(26)31(41)42/h8-11,14-17,26-27H,4-7,12-13H2,1-3H3,(H,34,36)(H,35,37)(H,41,42). The van der Waals surface area contributed by atoms with Crippen molar-refractivity contribution in [3.05, 3.63) is 71.6 Å². The predicted molar refractivity (Wildman–Crippen MR) is 162 cm³/mol. The molecule has 0 radical (unpaired) electrons. The highest BCUT2D eigenvalue weighted by atomic mass is 16.6. The number of benzene rings is 2. The fourth-order valence-electron chi connectivity index (χ4n) is 6.59. The van der Waals surface area contributed by atoms with Gasteiger partial charge in [0.25, 0.3) is 0 Å². The molecule has 0 saturated carbocycles. The number of aromatic nitrogens is 4. The number of likely N-dealkylation sites (tertiary alicyclic amines) is 2. The number of ketones is 1. The van der Waals surface area contributed by atoms with Gasteiger partial charge in [0.2, 0.25) is 0 Å². The Hall–Kier alpha value is -4.93. The fraction of sp³-hybridized carbons (Fsp3) is 0.364. The molecule has 2 amide bonds. The number of fused-ring (bicyclic) bond motifs is 3. The molecule has 0 spiro atoms. The summed E-state index contributed by atoms with van der Waals surface area (Å²) in [4.78, 5) is 57.0. The summed E-state index contributed by atoms with van der Waals surface area (Å²) in [6.45, 7) is 6.68. The van der Waals surface area contributed by atoms with E-state index in [9.17, 15) is 19.5 Å². The molecule has 3 aliphatic rings. The Kier molecular flexibility index (Phi) is 6.56. The molecule has 3 N–H and O–H groups in total. The number of carboxylic acid groups (broad SMARTS) is 1. The van der Waals surface area contributed by atoms with Gasteiger partial charge in [0, 0.05) is 35.3 Å². The normalized spacial score (nSPS) is 19.4. The Bertz CT molecular complexity index is 1800. The van der Waals surface area contributed by atoms with Crippen LogP contribution in [-0.2, 0) is 4.74 Å². The summed E-state index contributed by atoms with van der Waals surface area (Å²) < 4.78 is 5.61. The van der Waals surface area contributed by atoms with Crippen LogP contribution in [0.2, 0.25) is 0 Å². The van der Waals surface area contributed by atoms with Gasteiger partial charge in [-0.2, -0.15) is 0 Å². The van der Waals surface area contributed by atoms with E-state index in [0.29, 0.717) is 35.9 Å². The summed E-state index contributed by atoms with van der Waals surface area (Å²) >= 11 is 0. The molecule has 2 aromatic carbocycles. The fourth-order valence-corrected chi connectivity index (χ4v) is 6.59. The molecule has 2 saturated heterocycles. The van der Waals surface area contributed by atoms with Crippen LogP contribution in [0.5, 0.6) is 0 Å². The second kappa shape index (κ2) is 10.4. The number of imidazole rings is 2. The first-order chi connectivity index (χ1) is 21.1. The van der Waals surface area contributed by atoms with Gasteiger partial charge >= 0.3 is 12.2 Å². The Morgan fingerprint density at radius 3 is 1.82 bits per heavy atom. The number of ether oxygens (including phenoxy) is 1. The molecular weight excluding hydrogens is 560 g/mol. The van der Waals surface area contributed by atoms with Crippen LogP contribution >= 0.6 is 0 Å². The van der Waals surface area contributed by atoms with Gasteiger partial charge in [0.1, 0.15) is 17.2 Å². The van der Waals surface area contributed by atoms with Crippen LogP contribution in [0.4, 0.5) is 9.59 Å². The van der Waals surface area contributed by atoms with Crippen molar-refractivity contribution in [1.82, 2.24) is 29.7 Å². The van der Waals surface area contributed by atoms with Crippen LogP contribution in [0.3, 0.4) is 0 Å². The van der Waals surface area contributed by atoms with Crippen molar-refractivity contribution >= 4 is 18.0 Å². The summed E-state index contributed by atoms with van der Waals surface area (Å²) in [5.74, 6) is 1.26. The summed E-state index contributed by atoms with van der Waals surface area (Å²) in [5, 5.41) is 9.52. The number of aromatic amines is 2. The number of amides is 2. The van der Waals surface area contributed by atoms with Gasteiger partial charge in [0.15, 0.2) is 5.78 Å². The van der Waals surface area contributed by atoms with Gasteiger partial charge in [-0.3, -0.25) is 14.6 Å². The first kappa shape index (κ1) is 27.9. The molecular formula is C33H34N6O5. The maximum atomic E-state index is 13.7. The van der Waals surface area contributed by atoms with Gasteiger partial charge in [-0.15, -0.1) is 0 Å². The van der Waals surface area contributed by atoms with Crippen molar-refractivity contribution in [2.45, 2.75) is 64.1 Å². The zero-order valence-electron chi connectivity index (χ0n) is 24.9. The van der Waals surface area contributed by atoms with Crippen molar-refractivity contribution in [1.29, 1.82) is 0 Å². The highest BCUT2D eigenvalue weighted by molar-refractivity contribution is 6.22. The van der Waals surface area contributed by atoms with Gasteiger partial charge in [-0.25, -0.2) is 19.6 Å². The van der Waals surface area contributed by atoms with E-state index >= 15 is 0 Å². The van der Waals surface area contributed by atoms with E-state index < -0.39 is 11.7 Å². The van der Waals surface area contributed by atoms with Crippen molar-refractivity contribution in [2.24, 2.45) is 0 Å². The second-order valence-corrected chi connectivity index (χ2v) is 12.7. The number of carbonyl (C=O) groups excluding carboxylic acids is 2. The number of rotatable bonds is 4. The lowest BCUT2D eigenvalue weighted by molar-refractivity contribution is 0.0218. The Balaban J connectivity index is 1.12. The zero-order chi connectivity index (χ0) is 30.7. The molecule has 2 aromatic heterocycles. The minimum absolute atomic E-state index is 0.0575.